The number of furan rings is 1. The number of ketones is 1. The molecule has 11 heteroatoms. The van der Waals surface area contributed by atoms with Crippen LogP contribution in [0.2, 0.25) is 0 Å². The van der Waals surface area contributed by atoms with Gasteiger partial charge in [-0.25, -0.2) is 9.67 Å². The van der Waals surface area contributed by atoms with Gasteiger partial charge in [0.1, 0.15) is 12.2 Å². The molecule has 0 radical (unpaired) electrons. The van der Waals surface area contributed by atoms with Crippen LogP contribution in [-0.2, 0) is 6.54 Å². The molecule has 0 amide bonds. The Morgan fingerprint density at radius 2 is 2.04 bits per heavy atom. The van der Waals surface area contributed by atoms with Gasteiger partial charge >= 0.3 is 0 Å². The summed E-state index contributed by atoms with van der Waals surface area (Å²) in [5.74, 6) is -0.132. The number of hydrogen-bond donors (Lipinski definition) is 1. The lowest BCUT2D eigenvalue weighted by Crippen LogP contribution is -2.14. The first kappa shape index (κ1) is 16.3. The molecule has 0 aliphatic rings. The van der Waals surface area contributed by atoms with E-state index in [0.717, 1.165) is 0 Å². The van der Waals surface area contributed by atoms with E-state index >= 15 is 0 Å². The summed E-state index contributed by atoms with van der Waals surface area (Å²) in [7, 11) is 0. The van der Waals surface area contributed by atoms with Gasteiger partial charge in [-0.15, -0.1) is 5.10 Å². The molecule has 3 heterocycles. The normalized spacial score (nSPS) is 11.0. The molecule has 0 unspecified atom stereocenters. The van der Waals surface area contributed by atoms with Crippen LogP contribution in [0.25, 0.3) is 22.6 Å². The van der Waals surface area contributed by atoms with E-state index in [9.17, 15) is 14.9 Å². The minimum Gasteiger partial charge on any atom is -0.463 e. The molecular weight excluding hydrogens is 354 g/mol. The second kappa shape index (κ2) is 6.29. The lowest BCUT2D eigenvalue weighted by atomic mass is 10.1. The van der Waals surface area contributed by atoms with Crippen molar-refractivity contribution < 1.29 is 14.1 Å². The molecule has 3 aromatic heterocycles. The number of rotatable bonds is 5. The molecule has 4 rings (SSSR count). The van der Waals surface area contributed by atoms with E-state index in [1.165, 1.54) is 29.1 Å². The van der Waals surface area contributed by atoms with Crippen LogP contribution in [-0.4, -0.2) is 35.7 Å². The van der Waals surface area contributed by atoms with Gasteiger partial charge in [0.25, 0.3) is 5.69 Å². The zero-order valence-corrected chi connectivity index (χ0v) is 13.6. The number of nitro benzene ring substituents is 1. The summed E-state index contributed by atoms with van der Waals surface area (Å²) < 4.78 is 6.54. The first-order valence-corrected chi connectivity index (χ1v) is 7.72. The number of para-hydroxylation sites is 1. The van der Waals surface area contributed by atoms with E-state index in [0.29, 0.717) is 17.0 Å². The van der Waals surface area contributed by atoms with Gasteiger partial charge in [0.2, 0.25) is 5.95 Å². The van der Waals surface area contributed by atoms with Crippen LogP contribution in [0, 0.1) is 10.1 Å². The molecule has 0 fully saturated rings. The molecule has 0 atom stereocenters. The number of fused-ring (bicyclic) bond motifs is 1. The fourth-order valence-corrected chi connectivity index (χ4v) is 2.65. The summed E-state index contributed by atoms with van der Waals surface area (Å²) in [6.45, 7) is -0.296. The number of Topliss-reactive ketones (excluding diaryl/α,β-unsaturated/α-hetero) is 1. The first-order valence-electron chi connectivity index (χ1n) is 7.72. The fraction of sp³-hybridized carbons (Fsp3) is 0.0625. The zero-order valence-electron chi connectivity index (χ0n) is 13.6. The highest BCUT2D eigenvalue weighted by molar-refractivity contribution is 6.00. The molecule has 4 aromatic rings. The van der Waals surface area contributed by atoms with Crippen LogP contribution < -0.4 is 5.73 Å². The quantitative estimate of drug-likeness (QED) is 0.316. The van der Waals surface area contributed by atoms with Crippen molar-refractivity contribution in [2.24, 2.45) is 0 Å². The Morgan fingerprint density at radius 1 is 1.22 bits per heavy atom. The predicted octanol–water partition coefficient (Wildman–Crippen LogP) is 1.85. The highest BCUT2D eigenvalue weighted by Gasteiger charge is 2.22. The van der Waals surface area contributed by atoms with E-state index in [4.69, 9.17) is 10.2 Å². The first-order chi connectivity index (χ1) is 13.0. The van der Waals surface area contributed by atoms with Crippen molar-refractivity contribution >= 4 is 28.6 Å². The number of nitrogens with two attached hydrogens (primary N) is 1. The third-order valence-electron chi connectivity index (χ3n) is 3.83. The molecule has 0 saturated carbocycles. The number of nitrogen functional groups attached to an aromatic ring is 1. The molecule has 0 aliphatic carbocycles. The van der Waals surface area contributed by atoms with E-state index in [1.807, 2.05) is 0 Å². The lowest BCUT2D eigenvalue weighted by Gasteiger charge is -2.04. The minimum absolute atomic E-state index is 0.0283. The van der Waals surface area contributed by atoms with Crippen molar-refractivity contribution in [3.05, 3.63) is 58.3 Å². The molecule has 2 N–H and O–H groups in total. The van der Waals surface area contributed by atoms with Crippen molar-refractivity contribution in [2.75, 3.05) is 5.73 Å². The maximum absolute atomic E-state index is 12.6. The fourth-order valence-electron chi connectivity index (χ4n) is 2.65. The van der Waals surface area contributed by atoms with Gasteiger partial charge in [-0.05, 0) is 18.2 Å². The predicted molar refractivity (Wildman–Crippen MR) is 92.7 cm³/mol. The Morgan fingerprint density at radius 3 is 2.78 bits per heavy atom. The Labute approximate surface area is 150 Å². The molecule has 27 heavy (non-hydrogen) atoms. The van der Waals surface area contributed by atoms with E-state index in [-0.39, 0.29) is 29.4 Å². The second-order valence-electron chi connectivity index (χ2n) is 5.52. The molecule has 1 aromatic carbocycles. The summed E-state index contributed by atoms with van der Waals surface area (Å²) >= 11 is 0. The van der Waals surface area contributed by atoms with E-state index in [2.05, 4.69) is 20.3 Å². The Bertz CT molecular complexity index is 1170. The highest BCUT2D eigenvalue weighted by atomic mass is 16.6. The van der Waals surface area contributed by atoms with Crippen LogP contribution in [0.15, 0.2) is 47.1 Å². The van der Waals surface area contributed by atoms with Gasteiger partial charge < -0.3 is 10.2 Å². The number of nitro groups is 1. The van der Waals surface area contributed by atoms with Crippen molar-refractivity contribution in [3.8, 4) is 11.5 Å². The number of benzene rings is 1. The van der Waals surface area contributed by atoms with Crippen LogP contribution >= 0.6 is 0 Å². The van der Waals surface area contributed by atoms with Crippen molar-refractivity contribution in [2.45, 2.75) is 6.54 Å². The number of anilines is 1. The minimum atomic E-state index is -0.609. The average molecular weight is 365 g/mol. The van der Waals surface area contributed by atoms with Gasteiger partial charge in [0.15, 0.2) is 22.7 Å². The largest absolute Gasteiger partial charge is 0.463 e. The monoisotopic (exact) mass is 365 g/mol. The average Bonchev–Trinajstić information content (AvgIpc) is 3.32. The molecule has 0 spiro atoms. The van der Waals surface area contributed by atoms with E-state index in [1.54, 1.807) is 18.2 Å². The van der Waals surface area contributed by atoms with E-state index < -0.39 is 10.7 Å². The van der Waals surface area contributed by atoms with Gasteiger partial charge in [-0.2, -0.15) is 4.98 Å². The van der Waals surface area contributed by atoms with Gasteiger partial charge in [0.05, 0.1) is 16.7 Å². The van der Waals surface area contributed by atoms with Gasteiger partial charge in [-0.3, -0.25) is 14.9 Å². The maximum Gasteiger partial charge on any atom is 0.280 e. The molecule has 0 aliphatic heterocycles. The summed E-state index contributed by atoms with van der Waals surface area (Å²) in [5.41, 5.74) is 6.31. The standard InChI is InChI=1S/C16H11N7O4/c17-16-18-13(12-6-3-7-27-12)14-15(19-16)22(21-20-14)8-11(24)9-4-1-2-5-10(9)23(25)26/h1-7H,8H2,(H2,17,18,19). The number of carbonyl (C=O) groups is 1. The second-order valence-corrected chi connectivity index (χ2v) is 5.52. The van der Waals surface area contributed by atoms with Crippen LogP contribution in [0.5, 0.6) is 0 Å². The topological polar surface area (TPSA) is 156 Å². The van der Waals surface area contributed by atoms with Crippen molar-refractivity contribution in [1.82, 2.24) is 25.0 Å². The smallest absolute Gasteiger partial charge is 0.280 e. The molecule has 134 valence electrons. The van der Waals surface area contributed by atoms with Crippen LogP contribution in [0.4, 0.5) is 11.6 Å². The maximum atomic E-state index is 12.6. The van der Waals surface area contributed by atoms with Crippen LogP contribution in [0.1, 0.15) is 10.4 Å². The number of aromatic nitrogens is 5. The Hall–Kier alpha value is -4.15. The highest BCUT2D eigenvalue weighted by Crippen LogP contribution is 2.26. The van der Waals surface area contributed by atoms with Crippen molar-refractivity contribution in [1.29, 1.82) is 0 Å². The lowest BCUT2D eigenvalue weighted by molar-refractivity contribution is -0.385. The Balaban J connectivity index is 1.76. The SMILES string of the molecule is Nc1nc(-c2ccco2)c2nnn(CC(=O)c3ccccc3[N+](=O)[O-])c2n1. The third kappa shape index (κ3) is 2.86. The number of carbonyl (C=O) groups excluding carboxylic acids is 1. The summed E-state index contributed by atoms with van der Waals surface area (Å²) in [6, 6.07) is 9.05. The summed E-state index contributed by atoms with van der Waals surface area (Å²) in [5, 5.41) is 19.1. The number of hydrogen-bond acceptors (Lipinski definition) is 9. The Kier molecular flexibility index (Phi) is 3.81. The van der Waals surface area contributed by atoms with Crippen LogP contribution in [0.3, 0.4) is 0 Å². The van der Waals surface area contributed by atoms with Gasteiger partial charge in [0, 0.05) is 6.07 Å². The molecule has 0 saturated heterocycles. The zero-order chi connectivity index (χ0) is 19.0. The molecular formula is C16H11N7O4. The molecule has 0 bridgehead atoms. The third-order valence-corrected chi connectivity index (χ3v) is 3.83. The van der Waals surface area contributed by atoms with Crippen molar-refractivity contribution in [3.63, 3.8) is 0 Å². The number of nitrogens with zero attached hydrogens (tertiary/aromatic N) is 6. The summed E-state index contributed by atoms with van der Waals surface area (Å²) in [6.07, 6.45) is 1.47. The summed E-state index contributed by atoms with van der Waals surface area (Å²) in [4.78, 5) is 31.3. The molecule has 11 nitrogen and oxygen atoms in total. The van der Waals surface area contributed by atoms with Gasteiger partial charge in [-0.1, -0.05) is 17.3 Å².